The molecule has 0 bridgehead atoms. The van der Waals surface area contributed by atoms with Gasteiger partial charge in [-0.1, -0.05) is 0 Å². The second-order valence-corrected chi connectivity index (χ2v) is 4.85. The zero-order chi connectivity index (χ0) is 11.9. The summed E-state index contributed by atoms with van der Waals surface area (Å²) in [5.74, 6) is 2.57. The van der Waals surface area contributed by atoms with Gasteiger partial charge in [0.2, 0.25) is 0 Å². The fraction of sp³-hybridized carbons (Fsp3) is 0.462. The molecule has 1 fully saturated rings. The van der Waals surface area contributed by atoms with E-state index in [9.17, 15) is 0 Å². The van der Waals surface area contributed by atoms with Gasteiger partial charge in [-0.05, 0) is 12.8 Å². The van der Waals surface area contributed by atoms with Crippen molar-refractivity contribution in [3.63, 3.8) is 0 Å². The monoisotopic (exact) mass is 245 g/mol. The number of fused-ring (bicyclic) bond motifs is 2. The standard InChI is InChI=1S/C13H15N3O2/c1-2-8(1)14-7-13-15-9-5-11-12(6-10(9)16-13)18-4-3-17-11/h5-6,8,14H,1-4,7H2,(H,15,16). The molecule has 2 aromatic rings. The Morgan fingerprint density at radius 2 is 2.00 bits per heavy atom. The third-order valence-corrected chi connectivity index (χ3v) is 3.33. The molecule has 0 amide bonds. The molecule has 5 heteroatoms. The topological polar surface area (TPSA) is 59.2 Å². The number of hydrogen-bond acceptors (Lipinski definition) is 4. The van der Waals surface area contributed by atoms with Crippen molar-refractivity contribution in [1.82, 2.24) is 15.3 Å². The second kappa shape index (κ2) is 3.88. The zero-order valence-electron chi connectivity index (χ0n) is 10.0. The molecule has 2 aliphatic rings. The van der Waals surface area contributed by atoms with Crippen molar-refractivity contribution in [1.29, 1.82) is 0 Å². The second-order valence-electron chi connectivity index (χ2n) is 4.85. The number of ether oxygens (including phenoxy) is 2. The lowest BCUT2D eigenvalue weighted by molar-refractivity contribution is 0.172. The van der Waals surface area contributed by atoms with Crippen LogP contribution in [0.2, 0.25) is 0 Å². The van der Waals surface area contributed by atoms with Crippen molar-refractivity contribution in [2.45, 2.75) is 25.4 Å². The van der Waals surface area contributed by atoms with Gasteiger partial charge in [0.15, 0.2) is 11.5 Å². The highest BCUT2D eigenvalue weighted by Gasteiger charge is 2.21. The first-order valence-corrected chi connectivity index (χ1v) is 6.40. The summed E-state index contributed by atoms with van der Waals surface area (Å²) in [4.78, 5) is 7.89. The van der Waals surface area contributed by atoms with Gasteiger partial charge in [-0.2, -0.15) is 0 Å². The number of rotatable bonds is 3. The maximum absolute atomic E-state index is 5.56. The average Bonchev–Trinajstić information content (AvgIpc) is 3.14. The van der Waals surface area contributed by atoms with Gasteiger partial charge >= 0.3 is 0 Å². The highest BCUT2D eigenvalue weighted by molar-refractivity contribution is 5.79. The lowest BCUT2D eigenvalue weighted by atomic mass is 10.2. The minimum absolute atomic E-state index is 0.610. The molecule has 0 unspecified atom stereocenters. The van der Waals surface area contributed by atoms with Gasteiger partial charge in [-0.25, -0.2) is 4.98 Å². The van der Waals surface area contributed by atoms with Crippen molar-refractivity contribution in [3.8, 4) is 11.5 Å². The van der Waals surface area contributed by atoms with Gasteiger partial charge in [0, 0.05) is 18.2 Å². The summed E-state index contributed by atoms with van der Waals surface area (Å²) in [6, 6.07) is 4.61. The van der Waals surface area contributed by atoms with Crippen LogP contribution in [-0.4, -0.2) is 29.2 Å². The van der Waals surface area contributed by atoms with Gasteiger partial charge in [-0.15, -0.1) is 0 Å². The molecule has 1 aromatic heterocycles. The predicted octanol–water partition coefficient (Wildman–Crippen LogP) is 1.59. The Kier molecular flexibility index (Phi) is 2.20. The molecule has 1 aliphatic heterocycles. The van der Waals surface area contributed by atoms with Gasteiger partial charge < -0.3 is 19.8 Å². The Morgan fingerprint density at radius 3 is 2.78 bits per heavy atom. The van der Waals surface area contributed by atoms with Crippen molar-refractivity contribution in [3.05, 3.63) is 18.0 Å². The summed E-state index contributed by atoms with van der Waals surface area (Å²) in [5.41, 5.74) is 1.94. The highest BCUT2D eigenvalue weighted by Crippen LogP contribution is 2.33. The molecule has 1 aliphatic carbocycles. The van der Waals surface area contributed by atoms with Crippen LogP contribution in [0.15, 0.2) is 12.1 Å². The van der Waals surface area contributed by atoms with Gasteiger partial charge in [0.1, 0.15) is 19.0 Å². The third kappa shape index (κ3) is 1.80. The largest absolute Gasteiger partial charge is 0.486 e. The van der Waals surface area contributed by atoms with Crippen LogP contribution in [0.25, 0.3) is 11.0 Å². The highest BCUT2D eigenvalue weighted by atomic mass is 16.6. The molecule has 2 heterocycles. The van der Waals surface area contributed by atoms with Crippen molar-refractivity contribution >= 4 is 11.0 Å². The lowest BCUT2D eigenvalue weighted by Gasteiger charge is -2.17. The first kappa shape index (κ1) is 10.2. The average molecular weight is 245 g/mol. The van der Waals surface area contributed by atoms with Crippen LogP contribution < -0.4 is 14.8 Å². The maximum atomic E-state index is 5.56. The van der Waals surface area contributed by atoms with E-state index in [0.717, 1.165) is 34.9 Å². The third-order valence-electron chi connectivity index (χ3n) is 3.33. The van der Waals surface area contributed by atoms with Crippen molar-refractivity contribution in [2.24, 2.45) is 0 Å². The van der Waals surface area contributed by atoms with E-state index in [1.807, 2.05) is 12.1 Å². The van der Waals surface area contributed by atoms with E-state index in [1.54, 1.807) is 0 Å². The minimum atomic E-state index is 0.610. The molecule has 0 radical (unpaired) electrons. The van der Waals surface area contributed by atoms with Crippen LogP contribution in [-0.2, 0) is 6.54 Å². The van der Waals surface area contributed by atoms with E-state index < -0.39 is 0 Å². The Labute approximate surface area is 104 Å². The van der Waals surface area contributed by atoms with Gasteiger partial charge in [0.05, 0.1) is 17.6 Å². The Bertz CT molecular complexity index is 546. The van der Waals surface area contributed by atoms with Crippen LogP contribution in [0.5, 0.6) is 11.5 Å². The van der Waals surface area contributed by atoms with E-state index >= 15 is 0 Å². The lowest BCUT2D eigenvalue weighted by Crippen LogP contribution is -2.16. The summed E-state index contributed by atoms with van der Waals surface area (Å²) >= 11 is 0. The van der Waals surface area contributed by atoms with Crippen molar-refractivity contribution in [2.75, 3.05) is 13.2 Å². The number of aromatic nitrogens is 2. The Hall–Kier alpha value is -1.75. The Morgan fingerprint density at radius 1 is 1.22 bits per heavy atom. The Balaban J connectivity index is 1.65. The summed E-state index contributed by atoms with van der Waals surface area (Å²) in [5, 5.41) is 3.45. The van der Waals surface area contributed by atoms with Gasteiger partial charge in [0.25, 0.3) is 0 Å². The van der Waals surface area contributed by atoms with E-state index in [0.29, 0.717) is 19.3 Å². The molecule has 0 spiro atoms. The molecule has 18 heavy (non-hydrogen) atoms. The quantitative estimate of drug-likeness (QED) is 0.862. The number of nitrogens with zero attached hydrogens (tertiary/aromatic N) is 1. The van der Waals surface area contributed by atoms with Crippen LogP contribution in [0.3, 0.4) is 0 Å². The van der Waals surface area contributed by atoms with Crippen molar-refractivity contribution < 1.29 is 9.47 Å². The SMILES string of the molecule is c1c2c(cc3[nH]c(CNC4CC4)nc13)OCCO2. The van der Waals surface area contributed by atoms with E-state index in [4.69, 9.17) is 9.47 Å². The molecule has 94 valence electrons. The van der Waals surface area contributed by atoms with Crippen LogP contribution in [0.4, 0.5) is 0 Å². The van der Waals surface area contributed by atoms with Crippen LogP contribution in [0.1, 0.15) is 18.7 Å². The fourth-order valence-electron chi connectivity index (χ4n) is 2.21. The normalized spacial score (nSPS) is 18.2. The number of aromatic amines is 1. The summed E-state index contributed by atoms with van der Waals surface area (Å²) in [6.45, 7) is 2.02. The molecule has 4 rings (SSSR count). The molecule has 5 nitrogen and oxygen atoms in total. The van der Waals surface area contributed by atoms with E-state index in [1.165, 1.54) is 12.8 Å². The molecule has 2 N–H and O–H groups in total. The fourth-order valence-corrected chi connectivity index (χ4v) is 2.21. The summed E-state index contributed by atoms with van der Waals surface area (Å²) in [6.07, 6.45) is 2.58. The molecular formula is C13H15N3O2. The van der Waals surface area contributed by atoms with E-state index in [-0.39, 0.29) is 0 Å². The first-order valence-electron chi connectivity index (χ1n) is 6.40. The number of nitrogens with one attached hydrogen (secondary N) is 2. The number of benzene rings is 1. The summed E-state index contributed by atoms with van der Waals surface area (Å²) in [7, 11) is 0. The van der Waals surface area contributed by atoms with Gasteiger partial charge in [-0.3, -0.25) is 0 Å². The molecule has 1 aromatic carbocycles. The summed E-state index contributed by atoms with van der Waals surface area (Å²) < 4.78 is 11.1. The maximum Gasteiger partial charge on any atom is 0.163 e. The number of hydrogen-bond donors (Lipinski definition) is 2. The van der Waals surface area contributed by atoms with Crippen LogP contribution >= 0.6 is 0 Å². The number of imidazole rings is 1. The molecule has 1 saturated carbocycles. The van der Waals surface area contributed by atoms with Crippen LogP contribution in [0, 0.1) is 0 Å². The number of H-pyrrole nitrogens is 1. The zero-order valence-corrected chi connectivity index (χ0v) is 10.0. The van der Waals surface area contributed by atoms with E-state index in [2.05, 4.69) is 15.3 Å². The molecule has 0 atom stereocenters. The predicted molar refractivity (Wildman–Crippen MR) is 66.9 cm³/mol. The molecule has 0 saturated heterocycles. The first-order chi connectivity index (χ1) is 8.88. The smallest absolute Gasteiger partial charge is 0.163 e. The minimum Gasteiger partial charge on any atom is -0.486 e. The molecular weight excluding hydrogens is 230 g/mol.